The molecule has 0 spiro atoms. The second kappa shape index (κ2) is 5.91. The van der Waals surface area contributed by atoms with Gasteiger partial charge in [-0.3, -0.25) is 0 Å². The maximum Gasteiger partial charge on any atom is 0.190 e. The van der Waals surface area contributed by atoms with Crippen molar-refractivity contribution < 1.29 is 0 Å². The maximum absolute atomic E-state index is 5.94. The van der Waals surface area contributed by atoms with Gasteiger partial charge in [-0.15, -0.1) is 11.3 Å². The molecule has 0 amide bonds. The molecule has 0 aliphatic heterocycles. The Kier molecular flexibility index (Phi) is 4.48. The van der Waals surface area contributed by atoms with Crippen molar-refractivity contribution in [2.75, 3.05) is 11.6 Å². The van der Waals surface area contributed by atoms with Crippen LogP contribution in [0.3, 0.4) is 0 Å². The van der Waals surface area contributed by atoms with Gasteiger partial charge in [0.2, 0.25) is 0 Å². The van der Waals surface area contributed by atoms with Gasteiger partial charge in [0.15, 0.2) is 5.16 Å². The number of aryl methyl sites for hydroxylation is 2. The van der Waals surface area contributed by atoms with Gasteiger partial charge in [-0.05, 0) is 31.7 Å². The molecule has 0 aromatic carbocycles. The van der Waals surface area contributed by atoms with Crippen molar-refractivity contribution in [2.24, 2.45) is 0 Å². The van der Waals surface area contributed by atoms with Crippen molar-refractivity contribution in [1.82, 2.24) is 9.97 Å². The summed E-state index contributed by atoms with van der Waals surface area (Å²) in [6.45, 7) is 5.03. The number of nitrogens with one attached hydrogen (secondary N) is 1. The Morgan fingerprint density at radius 3 is 2.72 bits per heavy atom. The summed E-state index contributed by atoms with van der Waals surface area (Å²) in [6.07, 6.45) is 1.93. The van der Waals surface area contributed by atoms with Crippen LogP contribution in [0, 0.1) is 13.8 Å². The molecule has 96 valence electrons. The molecule has 0 aliphatic rings. The first-order chi connectivity index (χ1) is 8.58. The largest absolute Gasteiger partial charge is 0.365 e. The summed E-state index contributed by atoms with van der Waals surface area (Å²) in [5, 5.41) is 4.43. The van der Waals surface area contributed by atoms with E-state index < -0.39 is 0 Å². The van der Waals surface area contributed by atoms with Crippen LogP contribution in [0.25, 0.3) is 0 Å². The molecule has 0 saturated heterocycles. The molecule has 2 heterocycles. The highest BCUT2D eigenvalue weighted by Crippen LogP contribution is 2.22. The summed E-state index contributed by atoms with van der Waals surface area (Å²) >= 11 is 9.22. The van der Waals surface area contributed by atoms with Crippen LogP contribution in [0.5, 0.6) is 0 Å². The van der Waals surface area contributed by atoms with Gasteiger partial charge in [-0.2, -0.15) is 0 Å². The number of thiophene rings is 1. The van der Waals surface area contributed by atoms with Gasteiger partial charge in [0.1, 0.15) is 11.0 Å². The van der Waals surface area contributed by atoms with Crippen LogP contribution in [0.4, 0.5) is 5.82 Å². The van der Waals surface area contributed by atoms with Crippen molar-refractivity contribution in [3.63, 3.8) is 0 Å². The molecule has 0 saturated carbocycles. The van der Waals surface area contributed by atoms with Crippen molar-refractivity contribution in [3.05, 3.63) is 32.6 Å². The number of anilines is 1. The fraction of sp³-hybridized carbons (Fsp3) is 0.333. The molecule has 0 aliphatic carbocycles. The summed E-state index contributed by atoms with van der Waals surface area (Å²) in [5.41, 5.74) is 1.34. The first kappa shape index (κ1) is 13.6. The Labute approximate surface area is 120 Å². The molecule has 6 heteroatoms. The normalized spacial score (nSPS) is 10.7. The molecular weight excluding hydrogens is 286 g/mol. The molecule has 0 radical (unpaired) electrons. The van der Waals surface area contributed by atoms with Crippen molar-refractivity contribution in [1.29, 1.82) is 0 Å². The lowest BCUT2D eigenvalue weighted by atomic mass is 10.3. The molecule has 2 aromatic heterocycles. The fourth-order valence-corrected chi connectivity index (χ4v) is 3.10. The predicted molar refractivity (Wildman–Crippen MR) is 79.9 cm³/mol. The van der Waals surface area contributed by atoms with Gasteiger partial charge in [0.05, 0.1) is 6.54 Å². The first-order valence-electron chi connectivity index (χ1n) is 5.47. The van der Waals surface area contributed by atoms with E-state index in [0.717, 1.165) is 12.4 Å². The zero-order valence-electron chi connectivity index (χ0n) is 10.5. The van der Waals surface area contributed by atoms with Gasteiger partial charge in [-0.1, -0.05) is 23.4 Å². The lowest BCUT2D eigenvalue weighted by molar-refractivity contribution is 0.959. The Balaban J connectivity index is 2.07. The van der Waals surface area contributed by atoms with Crippen LogP contribution in [-0.2, 0) is 6.54 Å². The highest BCUT2D eigenvalue weighted by atomic mass is 35.5. The molecule has 2 rings (SSSR count). The van der Waals surface area contributed by atoms with Crippen LogP contribution < -0.4 is 5.32 Å². The van der Waals surface area contributed by atoms with E-state index >= 15 is 0 Å². The van der Waals surface area contributed by atoms with E-state index in [9.17, 15) is 0 Å². The molecule has 3 nitrogen and oxygen atoms in total. The summed E-state index contributed by atoms with van der Waals surface area (Å²) in [6, 6.07) is 3.94. The third kappa shape index (κ3) is 3.37. The van der Waals surface area contributed by atoms with E-state index in [-0.39, 0.29) is 0 Å². The van der Waals surface area contributed by atoms with E-state index in [4.69, 9.17) is 11.6 Å². The number of aromatic nitrogens is 2. The topological polar surface area (TPSA) is 37.8 Å². The highest BCUT2D eigenvalue weighted by molar-refractivity contribution is 7.98. The lowest BCUT2D eigenvalue weighted by Gasteiger charge is -2.05. The average Bonchev–Trinajstić information content (AvgIpc) is 2.65. The lowest BCUT2D eigenvalue weighted by Crippen LogP contribution is -2.01. The predicted octanol–water partition coefficient (Wildman–Crippen LogP) is 4.14. The molecular formula is C12H14ClN3S2. The average molecular weight is 300 g/mol. The van der Waals surface area contributed by atoms with Crippen LogP contribution in [0.2, 0.25) is 5.15 Å². The first-order valence-corrected chi connectivity index (χ1v) is 7.89. The number of hydrogen-bond donors (Lipinski definition) is 1. The van der Waals surface area contributed by atoms with Crippen LogP contribution in [0.1, 0.15) is 15.3 Å². The Morgan fingerprint density at radius 2 is 2.11 bits per heavy atom. The van der Waals surface area contributed by atoms with E-state index in [0.29, 0.717) is 10.3 Å². The number of rotatable bonds is 4. The number of thioether (sulfide) groups is 1. The van der Waals surface area contributed by atoms with Crippen LogP contribution in [0.15, 0.2) is 17.3 Å². The quantitative estimate of drug-likeness (QED) is 0.523. The van der Waals surface area contributed by atoms with Crippen LogP contribution >= 0.6 is 34.7 Å². The molecule has 0 atom stereocenters. The minimum atomic E-state index is 0.468. The molecule has 0 bridgehead atoms. The van der Waals surface area contributed by atoms with Crippen molar-refractivity contribution in [3.8, 4) is 0 Å². The SMILES string of the molecule is CSc1nc(Cl)cc(NCc2cc(C)c(C)s2)n1. The van der Waals surface area contributed by atoms with E-state index in [2.05, 4.69) is 35.2 Å². The van der Waals surface area contributed by atoms with Gasteiger partial charge in [0.25, 0.3) is 0 Å². The van der Waals surface area contributed by atoms with E-state index in [1.165, 1.54) is 27.1 Å². The smallest absolute Gasteiger partial charge is 0.190 e. The molecule has 0 fully saturated rings. The highest BCUT2D eigenvalue weighted by Gasteiger charge is 2.04. The van der Waals surface area contributed by atoms with Crippen LogP contribution in [-0.4, -0.2) is 16.2 Å². The number of hydrogen-bond acceptors (Lipinski definition) is 5. The standard InChI is InChI=1S/C12H14ClN3S2/c1-7-4-9(18-8(7)2)6-14-11-5-10(13)15-12(16-11)17-3/h4-5H,6H2,1-3H3,(H,14,15,16). The monoisotopic (exact) mass is 299 g/mol. The Hall–Kier alpha value is -0.780. The third-order valence-corrected chi connectivity index (χ3v) is 4.41. The maximum atomic E-state index is 5.94. The number of halogens is 1. The fourth-order valence-electron chi connectivity index (χ4n) is 1.49. The second-order valence-corrected chi connectivity index (χ2v) is 6.37. The number of nitrogens with zero attached hydrogens (tertiary/aromatic N) is 2. The second-order valence-electron chi connectivity index (χ2n) is 3.87. The molecule has 18 heavy (non-hydrogen) atoms. The summed E-state index contributed by atoms with van der Waals surface area (Å²) in [7, 11) is 0. The zero-order valence-corrected chi connectivity index (χ0v) is 12.8. The summed E-state index contributed by atoms with van der Waals surface area (Å²) in [5.74, 6) is 0.767. The van der Waals surface area contributed by atoms with Gasteiger partial charge < -0.3 is 5.32 Å². The third-order valence-electron chi connectivity index (χ3n) is 2.52. The molecule has 2 aromatic rings. The van der Waals surface area contributed by atoms with E-state index in [1.54, 1.807) is 17.4 Å². The van der Waals surface area contributed by atoms with Crippen molar-refractivity contribution in [2.45, 2.75) is 25.5 Å². The molecule has 1 N–H and O–H groups in total. The van der Waals surface area contributed by atoms with Gasteiger partial charge >= 0.3 is 0 Å². The Bertz CT molecular complexity index is 535. The minimum absolute atomic E-state index is 0.468. The van der Waals surface area contributed by atoms with Crippen molar-refractivity contribution >= 4 is 40.5 Å². The van der Waals surface area contributed by atoms with Gasteiger partial charge in [-0.25, -0.2) is 9.97 Å². The van der Waals surface area contributed by atoms with E-state index in [1.807, 2.05) is 6.26 Å². The molecule has 0 unspecified atom stereocenters. The zero-order chi connectivity index (χ0) is 13.1. The van der Waals surface area contributed by atoms with Gasteiger partial charge in [0, 0.05) is 15.8 Å². The minimum Gasteiger partial charge on any atom is -0.365 e. The Morgan fingerprint density at radius 1 is 1.33 bits per heavy atom. The summed E-state index contributed by atoms with van der Waals surface area (Å²) in [4.78, 5) is 11.1. The summed E-state index contributed by atoms with van der Waals surface area (Å²) < 4.78 is 0.